The van der Waals surface area contributed by atoms with Crippen LogP contribution in [0.2, 0.25) is 9.36 Å². The van der Waals surface area contributed by atoms with E-state index in [1.807, 2.05) is 0 Å². The standard InChI is InChI=1S/C11H6BrCl2FOS/c12-7-4-9(17-11(7)14)10(16)6-2-1-5(15)3-8(6)13/h1-4,10,16H. The van der Waals surface area contributed by atoms with Gasteiger partial charge in [0.1, 0.15) is 16.3 Å². The molecule has 0 bridgehead atoms. The molecule has 1 N–H and O–H groups in total. The van der Waals surface area contributed by atoms with Crippen LogP contribution in [0.4, 0.5) is 4.39 Å². The van der Waals surface area contributed by atoms with Gasteiger partial charge in [0.15, 0.2) is 0 Å². The molecule has 1 aromatic heterocycles. The van der Waals surface area contributed by atoms with Gasteiger partial charge < -0.3 is 5.11 Å². The Bertz CT molecular complexity index is 539. The van der Waals surface area contributed by atoms with Gasteiger partial charge in [-0.15, -0.1) is 11.3 Å². The summed E-state index contributed by atoms with van der Waals surface area (Å²) in [7, 11) is 0. The van der Waals surface area contributed by atoms with Gasteiger partial charge in [0, 0.05) is 19.9 Å². The largest absolute Gasteiger partial charge is 0.383 e. The van der Waals surface area contributed by atoms with Crippen molar-refractivity contribution in [3.63, 3.8) is 0 Å². The van der Waals surface area contributed by atoms with E-state index in [2.05, 4.69) is 15.9 Å². The molecule has 0 spiro atoms. The third-order valence-corrected chi connectivity index (χ3v) is 5.05. The first-order chi connectivity index (χ1) is 7.99. The van der Waals surface area contributed by atoms with E-state index in [0.29, 0.717) is 14.8 Å². The summed E-state index contributed by atoms with van der Waals surface area (Å²) in [5, 5.41) is 10.3. The van der Waals surface area contributed by atoms with Crippen molar-refractivity contribution in [3.05, 3.63) is 54.4 Å². The van der Waals surface area contributed by atoms with Crippen molar-refractivity contribution in [2.24, 2.45) is 0 Å². The lowest BCUT2D eigenvalue weighted by atomic mass is 10.1. The third-order valence-electron chi connectivity index (χ3n) is 2.19. The molecule has 0 aliphatic heterocycles. The quantitative estimate of drug-likeness (QED) is 0.800. The molecule has 1 aromatic carbocycles. The van der Waals surface area contributed by atoms with E-state index in [0.717, 1.165) is 4.47 Å². The molecule has 1 atom stereocenters. The number of thiophene rings is 1. The lowest BCUT2D eigenvalue weighted by molar-refractivity contribution is 0.224. The minimum atomic E-state index is -0.906. The molecule has 0 radical (unpaired) electrons. The van der Waals surface area contributed by atoms with Gasteiger partial charge in [-0.1, -0.05) is 29.3 Å². The smallest absolute Gasteiger partial charge is 0.124 e. The van der Waals surface area contributed by atoms with E-state index in [9.17, 15) is 9.50 Å². The second-order valence-electron chi connectivity index (χ2n) is 3.34. The van der Waals surface area contributed by atoms with Crippen LogP contribution in [0.25, 0.3) is 0 Å². The number of aliphatic hydroxyl groups is 1. The number of rotatable bonds is 2. The highest BCUT2D eigenvalue weighted by Gasteiger charge is 2.18. The summed E-state index contributed by atoms with van der Waals surface area (Å²) in [4.78, 5) is 0.649. The Morgan fingerprint density at radius 1 is 1.29 bits per heavy atom. The minimum absolute atomic E-state index is 0.193. The summed E-state index contributed by atoms with van der Waals surface area (Å²) in [6.45, 7) is 0. The van der Waals surface area contributed by atoms with E-state index >= 15 is 0 Å². The maximum absolute atomic E-state index is 12.9. The molecule has 0 aliphatic rings. The van der Waals surface area contributed by atoms with Crippen LogP contribution in [0.15, 0.2) is 28.7 Å². The predicted octanol–water partition coefficient (Wildman–Crippen LogP) is 5.04. The van der Waals surface area contributed by atoms with Crippen LogP contribution < -0.4 is 0 Å². The Kier molecular flexibility index (Phi) is 4.10. The maximum Gasteiger partial charge on any atom is 0.124 e. The summed E-state index contributed by atoms with van der Waals surface area (Å²) in [5.74, 6) is -0.434. The molecule has 1 nitrogen and oxygen atoms in total. The summed E-state index contributed by atoms with van der Waals surface area (Å²) in [6, 6.07) is 5.61. The average molecular weight is 356 g/mol. The lowest BCUT2D eigenvalue weighted by Crippen LogP contribution is -1.98. The SMILES string of the molecule is OC(c1cc(Br)c(Cl)s1)c1ccc(F)cc1Cl. The Labute approximate surface area is 120 Å². The first-order valence-corrected chi connectivity index (χ1v) is 6.93. The highest BCUT2D eigenvalue weighted by Crippen LogP contribution is 2.38. The van der Waals surface area contributed by atoms with Crippen LogP contribution in [0.3, 0.4) is 0 Å². The van der Waals surface area contributed by atoms with Crippen molar-refractivity contribution in [2.75, 3.05) is 0 Å². The second-order valence-corrected chi connectivity index (χ2v) is 6.29. The summed E-state index contributed by atoms with van der Waals surface area (Å²) < 4.78 is 14.2. The Morgan fingerprint density at radius 3 is 2.53 bits per heavy atom. The molecule has 0 aliphatic carbocycles. The number of hydrogen-bond acceptors (Lipinski definition) is 2. The fourth-order valence-electron chi connectivity index (χ4n) is 1.37. The topological polar surface area (TPSA) is 20.2 Å². The van der Waals surface area contributed by atoms with Gasteiger partial charge in [-0.25, -0.2) is 4.39 Å². The van der Waals surface area contributed by atoms with E-state index < -0.39 is 11.9 Å². The third kappa shape index (κ3) is 2.83. The van der Waals surface area contributed by atoms with E-state index in [1.165, 1.54) is 29.5 Å². The fraction of sp³-hybridized carbons (Fsp3) is 0.0909. The Balaban J connectivity index is 2.39. The molecule has 0 amide bonds. The van der Waals surface area contributed by atoms with Crippen molar-refractivity contribution >= 4 is 50.5 Å². The first kappa shape index (κ1) is 13.3. The Hall–Kier alpha value is -0.130. The zero-order valence-corrected chi connectivity index (χ0v) is 12.2. The van der Waals surface area contributed by atoms with Gasteiger partial charge in [0.2, 0.25) is 0 Å². The van der Waals surface area contributed by atoms with E-state index in [1.54, 1.807) is 6.07 Å². The van der Waals surface area contributed by atoms with Crippen molar-refractivity contribution < 1.29 is 9.50 Å². The van der Waals surface area contributed by atoms with E-state index in [-0.39, 0.29) is 5.02 Å². The highest BCUT2D eigenvalue weighted by molar-refractivity contribution is 9.10. The van der Waals surface area contributed by atoms with Gasteiger partial charge >= 0.3 is 0 Å². The van der Waals surface area contributed by atoms with Gasteiger partial charge in [0.05, 0.1) is 0 Å². The molecule has 2 rings (SSSR count). The summed E-state index contributed by atoms with van der Waals surface area (Å²) in [6.07, 6.45) is -0.906. The molecule has 0 saturated heterocycles. The zero-order valence-electron chi connectivity index (χ0n) is 8.25. The van der Waals surface area contributed by atoms with Crippen LogP contribution in [0.1, 0.15) is 16.5 Å². The molecule has 0 saturated carbocycles. The molecule has 1 heterocycles. The molecule has 0 fully saturated rings. The Morgan fingerprint density at radius 2 is 2.00 bits per heavy atom. The normalized spacial score (nSPS) is 12.8. The predicted molar refractivity (Wildman–Crippen MR) is 72.5 cm³/mol. The highest BCUT2D eigenvalue weighted by atomic mass is 79.9. The number of benzene rings is 1. The molecule has 1 unspecified atom stereocenters. The van der Waals surface area contributed by atoms with Crippen LogP contribution in [0, 0.1) is 5.82 Å². The van der Waals surface area contributed by atoms with Gasteiger partial charge in [-0.05, 0) is 34.1 Å². The fourth-order valence-corrected chi connectivity index (χ4v) is 3.39. The maximum atomic E-state index is 12.9. The monoisotopic (exact) mass is 354 g/mol. The molecule has 6 heteroatoms. The van der Waals surface area contributed by atoms with Gasteiger partial charge in [0.25, 0.3) is 0 Å². The van der Waals surface area contributed by atoms with Crippen molar-refractivity contribution in [1.29, 1.82) is 0 Å². The number of hydrogen-bond donors (Lipinski definition) is 1. The number of halogens is 4. The minimum Gasteiger partial charge on any atom is -0.383 e. The lowest BCUT2D eigenvalue weighted by Gasteiger charge is -2.10. The molecule has 17 heavy (non-hydrogen) atoms. The van der Waals surface area contributed by atoms with Crippen molar-refractivity contribution in [1.82, 2.24) is 0 Å². The second kappa shape index (κ2) is 5.24. The van der Waals surface area contributed by atoms with Crippen LogP contribution in [-0.2, 0) is 0 Å². The average Bonchev–Trinajstić information content (AvgIpc) is 2.58. The van der Waals surface area contributed by atoms with Crippen LogP contribution in [-0.4, -0.2) is 5.11 Å². The van der Waals surface area contributed by atoms with Gasteiger partial charge in [-0.2, -0.15) is 0 Å². The zero-order chi connectivity index (χ0) is 12.6. The summed E-state index contributed by atoms with van der Waals surface area (Å²) in [5.41, 5.74) is 0.457. The number of aliphatic hydroxyl groups excluding tert-OH is 1. The molecular weight excluding hydrogens is 350 g/mol. The van der Waals surface area contributed by atoms with E-state index in [4.69, 9.17) is 23.2 Å². The van der Waals surface area contributed by atoms with Crippen molar-refractivity contribution in [2.45, 2.75) is 6.10 Å². The van der Waals surface area contributed by atoms with Crippen LogP contribution >= 0.6 is 50.5 Å². The first-order valence-electron chi connectivity index (χ1n) is 4.57. The molecular formula is C11H6BrCl2FOS. The molecule has 2 aromatic rings. The molecule has 90 valence electrons. The van der Waals surface area contributed by atoms with Crippen molar-refractivity contribution in [3.8, 4) is 0 Å². The van der Waals surface area contributed by atoms with Crippen LogP contribution in [0.5, 0.6) is 0 Å². The summed E-state index contributed by atoms with van der Waals surface area (Å²) >= 11 is 16.3. The van der Waals surface area contributed by atoms with Gasteiger partial charge in [-0.3, -0.25) is 0 Å².